The minimum absolute atomic E-state index is 0. The number of benzene rings is 2. The second kappa shape index (κ2) is 8.54. The van der Waals surface area contributed by atoms with Crippen LogP contribution in [0.1, 0.15) is 22.5 Å². The smallest absolute Gasteiger partial charge is 0.141 e. The summed E-state index contributed by atoms with van der Waals surface area (Å²) in [5.74, 6) is 0.508. The van der Waals surface area contributed by atoms with Gasteiger partial charge in [0.2, 0.25) is 0 Å². The van der Waals surface area contributed by atoms with Gasteiger partial charge in [0.15, 0.2) is 0 Å². The van der Waals surface area contributed by atoms with Crippen molar-refractivity contribution in [2.24, 2.45) is 0 Å². The summed E-state index contributed by atoms with van der Waals surface area (Å²) in [6.45, 7) is 7.91. The average Bonchev–Trinajstić information content (AvgIpc) is 2.57. The van der Waals surface area contributed by atoms with Gasteiger partial charge in [-0.05, 0) is 63.1 Å². The number of hydrogen-bond donors (Lipinski definition) is 2. The molecule has 2 aromatic heterocycles. The molecule has 4 nitrogen and oxygen atoms in total. The summed E-state index contributed by atoms with van der Waals surface area (Å²) < 4.78 is 0. The molecule has 4 aromatic rings. The number of phenols is 2. The molecule has 4 rings (SSSR count). The van der Waals surface area contributed by atoms with E-state index in [9.17, 15) is 10.2 Å². The molecule has 0 fully saturated rings. The molecule has 0 aliphatic rings. The maximum Gasteiger partial charge on any atom is 0.141 e. The topological polar surface area (TPSA) is 66.2 Å². The van der Waals surface area contributed by atoms with Crippen molar-refractivity contribution >= 4 is 44.9 Å². The fraction of sp³-hybridized carbons (Fsp3) is 0.182. The fourth-order valence-electron chi connectivity index (χ4n) is 3.13. The molecule has 0 bridgehead atoms. The van der Waals surface area contributed by atoms with E-state index in [1.54, 1.807) is 12.1 Å². The zero-order chi connectivity index (χ0) is 18.8. The summed E-state index contributed by atoms with van der Waals surface area (Å²) in [7, 11) is 0. The highest BCUT2D eigenvalue weighted by Crippen LogP contribution is 2.26. The summed E-state index contributed by atoms with van der Waals surface area (Å²) in [5.41, 5.74) is 5.56. The number of phenolic OH excluding ortho intramolecular Hbond substituents is 2. The molecule has 0 unspecified atom stereocenters. The van der Waals surface area contributed by atoms with Crippen molar-refractivity contribution in [2.75, 3.05) is 0 Å². The van der Waals surface area contributed by atoms with Crippen LogP contribution in [0.5, 0.6) is 11.5 Å². The molecule has 0 aliphatic carbocycles. The lowest BCUT2D eigenvalue weighted by molar-refractivity contribution is 0.479. The summed E-state index contributed by atoms with van der Waals surface area (Å²) in [6, 6.07) is 15.0. The van der Waals surface area contributed by atoms with Gasteiger partial charge < -0.3 is 10.2 Å². The Labute approximate surface area is 175 Å². The van der Waals surface area contributed by atoms with Crippen molar-refractivity contribution in [1.29, 1.82) is 0 Å². The number of nitrogens with zero attached hydrogens (tertiary/aromatic N) is 2. The first kappa shape index (κ1) is 20.9. The molecule has 5 heteroatoms. The lowest BCUT2D eigenvalue weighted by Crippen LogP contribution is -1.87. The number of aryl methyl sites for hydroxylation is 4. The third-order valence-corrected chi connectivity index (χ3v) is 4.31. The number of aromatic nitrogens is 2. The minimum Gasteiger partial charge on any atom is -0.506 e. The average molecular weight is 371 g/mol. The molecule has 134 valence electrons. The molecule has 27 heavy (non-hydrogen) atoms. The van der Waals surface area contributed by atoms with Crippen molar-refractivity contribution in [3.8, 4) is 11.5 Å². The Kier molecular flexibility index (Phi) is 6.62. The number of pyridine rings is 2. The Balaban J connectivity index is 0.000000187. The maximum absolute atomic E-state index is 9.56. The second-order valence-corrected chi connectivity index (χ2v) is 6.51. The quantitative estimate of drug-likeness (QED) is 0.439. The summed E-state index contributed by atoms with van der Waals surface area (Å²) in [6.07, 6.45) is 0. The number of hydrogen-bond acceptors (Lipinski definition) is 4. The standard InChI is InChI=1S/2C11H11NO.Mg/c2*1-7-6-8(2)12-11-9(7)4-3-5-10(11)13;/h2*3-6,13H,1-2H3;. The summed E-state index contributed by atoms with van der Waals surface area (Å²) in [4.78, 5) is 8.57. The molecule has 0 atom stereocenters. The molecule has 0 saturated carbocycles. The zero-order valence-electron chi connectivity index (χ0n) is 16.1. The van der Waals surface area contributed by atoms with Gasteiger partial charge in [-0.1, -0.05) is 24.3 Å². The Morgan fingerprint density at radius 2 is 1.00 bits per heavy atom. The van der Waals surface area contributed by atoms with Gasteiger partial charge in [-0.25, -0.2) is 9.97 Å². The van der Waals surface area contributed by atoms with E-state index in [1.807, 2.05) is 64.1 Å². The third-order valence-electron chi connectivity index (χ3n) is 4.31. The highest BCUT2D eigenvalue weighted by molar-refractivity contribution is 5.87. The van der Waals surface area contributed by atoms with Gasteiger partial charge in [-0.3, -0.25) is 0 Å². The van der Waals surface area contributed by atoms with Crippen molar-refractivity contribution < 1.29 is 10.2 Å². The van der Waals surface area contributed by atoms with Crippen LogP contribution < -0.4 is 0 Å². The van der Waals surface area contributed by atoms with Crippen molar-refractivity contribution in [3.05, 3.63) is 71.0 Å². The second-order valence-electron chi connectivity index (χ2n) is 6.51. The molecular formula is C22H22MgN2O2. The van der Waals surface area contributed by atoms with Gasteiger partial charge in [-0.2, -0.15) is 0 Å². The lowest BCUT2D eigenvalue weighted by Gasteiger charge is -2.04. The van der Waals surface area contributed by atoms with E-state index in [4.69, 9.17) is 0 Å². The molecule has 2 N–H and O–H groups in total. The fourth-order valence-corrected chi connectivity index (χ4v) is 3.13. The van der Waals surface area contributed by atoms with Gasteiger partial charge in [0.25, 0.3) is 0 Å². The van der Waals surface area contributed by atoms with Crippen LogP contribution in [-0.2, 0) is 0 Å². The Morgan fingerprint density at radius 1 is 0.630 bits per heavy atom. The molecule has 0 saturated heterocycles. The Morgan fingerprint density at radius 3 is 1.37 bits per heavy atom. The molecule has 0 amide bonds. The van der Waals surface area contributed by atoms with Crippen LogP contribution >= 0.6 is 0 Å². The van der Waals surface area contributed by atoms with Crippen LogP contribution in [0.15, 0.2) is 48.5 Å². The van der Waals surface area contributed by atoms with Gasteiger partial charge in [-0.15, -0.1) is 0 Å². The minimum atomic E-state index is 0. The number of para-hydroxylation sites is 2. The first-order valence-electron chi connectivity index (χ1n) is 8.48. The molecule has 2 aromatic carbocycles. The van der Waals surface area contributed by atoms with Crippen LogP contribution in [-0.4, -0.2) is 43.2 Å². The lowest BCUT2D eigenvalue weighted by atomic mass is 10.1. The summed E-state index contributed by atoms with van der Waals surface area (Å²) in [5, 5.41) is 21.2. The molecule has 2 radical (unpaired) electrons. The van der Waals surface area contributed by atoms with E-state index in [1.165, 1.54) is 0 Å². The molecule has 2 heterocycles. The zero-order valence-corrected chi connectivity index (χ0v) is 17.5. The first-order valence-corrected chi connectivity index (χ1v) is 8.48. The maximum atomic E-state index is 9.56. The highest BCUT2D eigenvalue weighted by atomic mass is 24.3. The van der Waals surface area contributed by atoms with Gasteiger partial charge in [0, 0.05) is 45.2 Å². The monoisotopic (exact) mass is 370 g/mol. The SMILES string of the molecule is Cc1cc(C)c2cccc(O)c2n1.Cc1cc(C)c2cccc(O)c2n1.[Mg]. The van der Waals surface area contributed by atoms with Crippen LogP contribution in [0.3, 0.4) is 0 Å². The van der Waals surface area contributed by atoms with E-state index in [0.717, 1.165) is 33.3 Å². The Bertz CT molecular complexity index is 1020. The molecule has 0 spiro atoms. The predicted molar refractivity (Wildman–Crippen MR) is 112 cm³/mol. The van der Waals surface area contributed by atoms with Crippen molar-refractivity contribution in [3.63, 3.8) is 0 Å². The van der Waals surface area contributed by atoms with Crippen molar-refractivity contribution in [2.45, 2.75) is 27.7 Å². The van der Waals surface area contributed by atoms with Crippen molar-refractivity contribution in [1.82, 2.24) is 9.97 Å². The Hall–Kier alpha value is -2.37. The molecule has 0 aliphatic heterocycles. The van der Waals surface area contributed by atoms with E-state index < -0.39 is 0 Å². The van der Waals surface area contributed by atoms with Crippen LogP contribution in [0.4, 0.5) is 0 Å². The third kappa shape index (κ3) is 4.49. The normalized spacial score (nSPS) is 10.2. The van der Waals surface area contributed by atoms with E-state index >= 15 is 0 Å². The number of aromatic hydroxyl groups is 2. The summed E-state index contributed by atoms with van der Waals surface area (Å²) >= 11 is 0. The largest absolute Gasteiger partial charge is 0.506 e. The predicted octanol–water partition coefficient (Wildman–Crippen LogP) is 4.73. The van der Waals surface area contributed by atoms with E-state index in [2.05, 4.69) is 9.97 Å². The van der Waals surface area contributed by atoms with Crippen LogP contribution in [0.2, 0.25) is 0 Å². The van der Waals surface area contributed by atoms with Gasteiger partial charge in [0.05, 0.1) is 0 Å². The van der Waals surface area contributed by atoms with E-state index in [-0.39, 0.29) is 34.6 Å². The van der Waals surface area contributed by atoms with Gasteiger partial charge in [0.1, 0.15) is 22.5 Å². The highest BCUT2D eigenvalue weighted by Gasteiger charge is 2.04. The van der Waals surface area contributed by atoms with Gasteiger partial charge >= 0.3 is 0 Å². The molecular weight excluding hydrogens is 349 g/mol. The number of rotatable bonds is 0. The number of fused-ring (bicyclic) bond motifs is 2. The van der Waals surface area contributed by atoms with Crippen LogP contribution in [0, 0.1) is 27.7 Å². The van der Waals surface area contributed by atoms with E-state index in [0.29, 0.717) is 11.0 Å². The van der Waals surface area contributed by atoms with Crippen LogP contribution in [0.25, 0.3) is 21.8 Å². The first-order chi connectivity index (χ1) is 12.4.